The van der Waals surface area contributed by atoms with Crippen molar-refractivity contribution in [2.75, 3.05) is 0 Å². The van der Waals surface area contributed by atoms with E-state index in [1.165, 1.54) is 12.1 Å². The highest BCUT2D eigenvalue weighted by atomic mass is 19.2. The molecule has 0 spiro atoms. The van der Waals surface area contributed by atoms with Crippen molar-refractivity contribution in [2.45, 2.75) is 12.5 Å². The van der Waals surface area contributed by atoms with Gasteiger partial charge >= 0.3 is 0 Å². The largest absolute Gasteiger partial charge is 0.340 e. The van der Waals surface area contributed by atoms with Gasteiger partial charge in [-0.05, 0) is 24.1 Å². The van der Waals surface area contributed by atoms with Crippen LogP contribution in [0.3, 0.4) is 0 Å². The molecule has 0 amide bonds. The second kappa shape index (κ2) is 5.24. The zero-order valence-electron chi connectivity index (χ0n) is 9.90. The van der Waals surface area contributed by atoms with Gasteiger partial charge in [0.1, 0.15) is 0 Å². The monoisotopic (exact) mass is 252 g/mol. The first kappa shape index (κ1) is 12.7. The Morgan fingerprint density at radius 2 is 2.17 bits per heavy atom. The Morgan fingerprint density at radius 1 is 1.39 bits per heavy atom. The molecule has 0 radical (unpaired) electrons. The van der Waals surface area contributed by atoms with Gasteiger partial charge < -0.3 is 4.57 Å². The number of halogens is 2. The molecule has 0 aliphatic heterocycles. The molecule has 0 fully saturated rings. The lowest BCUT2D eigenvalue weighted by Gasteiger charge is -2.13. The molecule has 96 valence electrons. The van der Waals surface area contributed by atoms with Gasteiger partial charge in [0.2, 0.25) is 0 Å². The summed E-state index contributed by atoms with van der Waals surface area (Å²) < 4.78 is 27.7. The van der Waals surface area contributed by atoms with Gasteiger partial charge in [-0.3, -0.25) is 11.3 Å². The van der Waals surface area contributed by atoms with E-state index in [1.54, 1.807) is 10.9 Å². The lowest BCUT2D eigenvalue weighted by molar-refractivity contribution is 0.501. The highest BCUT2D eigenvalue weighted by Gasteiger charge is 2.14. The van der Waals surface area contributed by atoms with E-state index in [9.17, 15) is 8.78 Å². The fourth-order valence-electron chi connectivity index (χ4n) is 1.76. The molecule has 0 saturated heterocycles. The Balaban J connectivity index is 2.17. The Morgan fingerprint density at radius 3 is 2.72 bits per heavy atom. The third-order valence-corrected chi connectivity index (χ3v) is 2.71. The van der Waals surface area contributed by atoms with Crippen LogP contribution in [0.1, 0.15) is 17.3 Å². The van der Waals surface area contributed by atoms with Crippen LogP contribution in [-0.2, 0) is 13.5 Å². The molecular weight excluding hydrogens is 238 g/mol. The van der Waals surface area contributed by atoms with Crippen LogP contribution in [0.25, 0.3) is 0 Å². The predicted octanol–water partition coefficient (Wildman–Crippen LogP) is 1.45. The molecule has 2 rings (SSSR count). The number of benzene rings is 1. The van der Waals surface area contributed by atoms with Crippen LogP contribution in [0.5, 0.6) is 0 Å². The molecule has 0 aliphatic rings. The molecule has 0 aliphatic carbocycles. The zero-order valence-corrected chi connectivity index (χ0v) is 9.90. The smallest absolute Gasteiger partial charge is 0.159 e. The van der Waals surface area contributed by atoms with Gasteiger partial charge in [-0.25, -0.2) is 13.8 Å². The lowest BCUT2D eigenvalue weighted by atomic mass is 10.0. The lowest BCUT2D eigenvalue weighted by Crippen LogP contribution is -2.29. The van der Waals surface area contributed by atoms with E-state index in [-0.39, 0.29) is 6.04 Å². The van der Waals surface area contributed by atoms with Crippen LogP contribution in [0.15, 0.2) is 30.7 Å². The first-order chi connectivity index (χ1) is 8.60. The second-order valence-corrected chi connectivity index (χ2v) is 4.14. The van der Waals surface area contributed by atoms with Crippen molar-refractivity contribution in [2.24, 2.45) is 12.9 Å². The zero-order chi connectivity index (χ0) is 13.1. The van der Waals surface area contributed by atoms with Gasteiger partial charge in [-0.1, -0.05) is 6.07 Å². The van der Waals surface area contributed by atoms with Crippen molar-refractivity contribution in [3.8, 4) is 0 Å². The first-order valence-corrected chi connectivity index (χ1v) is 5.48. The molecule has 0 bridgehead atoms. The molecule has 1 unspecified atom stereocenters. The van der Waals surface area contributed by atoms with E-state index in [0.717, 1.165) is 11.8 Å². The molecule has 4 nitrogen and oxygen atoms in total. The predicted molar refractivity (Wildman–Crippen MR) is 63.3 cm³/mol. The van der Waals surface area contributed by atoms with Crippen LogP contribution in [0.4, 0.5) is 8.78 Å². The Kier molecular flexibility index (Phi) is 3.69. The van der Waals surface area contributed by atoms with Crippen molar-refractivity contribution in [1.29, 1.82) is 0 Å². The van der Waals surface area contributed by atoms with Gasteiger partial charge in [-0.15, -0.1) is 0 Å². The van der Waals surface area contributed by atoms with Gasteiger partial charge in [0.05, 0.1) is 18.1 Å². The number of imidazole rings is 1. The quantitative estimate of drug-likeness (QED) is 0.639. The molecule has 18 heavy (non-hydrogen) atoms. The molecule has 0 saturated carbocycles. The molecule has 1 aromatic carbocycles. The molecule has 1 aromatic heterocycles. The van der Waals surface area contributed by atoms with Crippen molar-refractivity contribution in [3.05, 3.63) is 53.6 Å². The SMILES string of the molecule is Cn1cnc(C(Cc2ccc(F)c(F)c2)NN)c1. The number of rotatable bonds is 4. The topological polar surface area (TPSA) is 55.9 Å². The van der Waals surface area contributed by atoms with Crippen molar-refractivity contribution in [3.63, 3.8) is 0 Å². The summed E-state index contributed by atoms with van der Waals surface area (Å²) in [5.41, 5.74) is 4.03. The molecule has 3 N–H and O–H groups in total. The van der Waals surface area contributed by atoms with Gasteiger partial charge in [0.15, 0.2) is 11.6 Å². The number of hydrogen-bond acceptors (Lipinski definition) is 3. The highest BCUT2D eigenvalue weighted by molar-refractivity contribution is 5.20. The summed E-state index contributed by atoms with van der Waals surface area (Å²) in [5.74, 6) is 3.75. The number of aryl methyl sites for hydroxylation is 1. The number of nitrogens with two attached hydrogens (primary N) is 1. The number of hydrogen-bond donors (Lipinski definition) is 2. The summed E-state index contributed by atoms with van der Waals surface area (Å²) in [7, 11) is 1.85. The second-order valence-electron chi connectivity index (χ2n) is 4.14. The van der Waals surface area contributed by atoms with E-state index in [4.69, 9.17) is 5.84 Å². The molecule has 2 aromatic rings. The van der Waals surface area contributed by atoms with Gasteiger partial charge in [0, 0.05) is 13.2 Å². The number of nitrogens with zero attached hydrogens (tertiary/aromatic N) is 2. The number of nitrogens with one attached hydrogen (secondary N) is 1. The summed E-state index contributed by atoms with van der Waals surface area (Å²) in [4.78, 5) is 4.18. The summed E-state index contributed by atoms with van der Waals surface area (Å²) >= 11 is 0. The van der Waals surface area contributed by atoms with E-state index < -0.39 is 11.6 Å². The van der Waals surface area contributed by atoms with Crippen LogP contribution in [-0.4, -0.2) is 9.55 Å². The summed E-state index contributed by atoms with van der Waals surface area (Å²) in [6.45, 7) is 0. The summed E-state index contributed by atoms with van der Waals surface area (Å²) in [5, 5.41) is 0. The van der Waals surface area contributed by atoms with Crippen LogP contribution in [0, 0.1) is 11.6 Å². The number of aromatic nitrogens is 2. The van der Waals surface area contributed by atoms with E-state index in [1.807, 2.05) is 13.2 Å². The summed E-state index contributed by atoms with van der Waals surface area (Å²) in [6.07, 6.45) is 3.92. The fourth-order valence-corrected chi connectivity index (χ4v) is 1.76. The van der Waals surface area contributed by atoms with Gasteiger partial charge in [-0.2, -0.15) is 0 Å². The van der Waals surface area contributed by atoms with E-state index in [0.29, 0.717) is 12.0 Å². The van der Waals surface area contributed by atoms with E-state index in [2.05, 4.69) is 10.4 Å². The molecule has 1 atom stereocenters. The standard InChI is InChI=1S/C12H14F2N4/c1-18-6-12(16-7-18)11(17-15)5-8-2-3-9(13)10(14)4-8/h2-4,6-7,11,17H,5,15H2,1H3. The molecule has 1 heterocycles. The van der Waals surface area contributed by atoms with Gasteiger partial charge in [0.25, 0.3) is 0 Å². The Labute approximate surface area is 103 Å². The van der Waals surface area contributed by atoms with Crippen LogP contribution in [0.2, 0.25) is 0 Å². The highest BCUT2D eigenvalue weighted by Crippen LogP contribution is 2.17. The van der Waals surface area contributed by atoms with E-state index >= 15 is 0 Å². The maximum atomic E-state index is 13.1. The third-order valence-electron chi connectivity index (χ3n) is 2.71. The van der Waals surface area contributed by atoms with Crippen LogP contribution < -0.4 is 11.3 Å². The summed E-state index contributed by atoms with van der Waals surface area (Å²) in [6, 6.07) is 3.57. The van der Waals surface area contributed by atoms with Crippen molar-refractivity contribution >= 4 is 0 Å². The molecule has 6 heteroatoms. The fraction of sp³-hybridized carbons (Fsp3) is 0.250. The Hall–Kier alpha value is -1.79. The maximum Gasteiger partial charge on any atom is 0.159 e. The Bertz CT molecular complexity index is 539. The maximum absolute atomic E-state index is 13.1. The normalized spacial score (nSPS) is 12.7. The van der Waals surface area contributed by atoms with Crippen molar-refractivity contribution in [1.82, 2.24) is 15.0 Å². The average Bonchev–Trinajstić information content (AvgIpc) is 2.77. The first-order valence-electron chi connectivity index (χ1n) is 5.48. The molecular formula is C12H14F2N4. The number of hydrazine groups is 1. The minimum Gasteiger partial charge on any atom is -0.340 e. The third kappa shape index (κ3) is 2.72. The minimum absolute atomic E-state index is 0.240. The minimum atomic E-state index is -0.857. The van der Waals surface area contributed by atoms with Crippen LogP contribution >= 0.6 is 0 Å². The average molecular weight is 252 g/mol. The van der Waals surface area contributed by atoms with Crippen molar-refractivity contribution < 1.29 is 8.78 Å².